The number of benzene rings is 1. The highest BCUT2D eigenvalue weighted by Gasteiger charge is 2.22. The third kappa shape index (κ3) is 3.74. The molecule has 0 bridgehead atoms. The molecule has 1 saturated heterocycles. The van der Waals surface area contributed by atoms with Crippen molar-refractivity contribution in [3.63, 3.8) is 0 Å². The quantitative estimate of drug-likeness (QED) is 0.766. The molecule has 1 aromatic rings. The maximum atomic E-state index is 9.35. The Labute approximate surface area is 129 Å². The van der Waals surface area contributed by atoms with Crippen LogP contribution in [0.25, 0.3) is 0 Å². The second kappa shape index (κ2) is 7.66. The van der Waals surface area contributed by atoms with E-state index in [0.717, 1.165) is 61.1 Å². The van der Waals surface area contributed by atoms with E-state index in [2.05, 4.69) is 46.0 Å². The van der Waals surface area contributed by atoms with Crippen molar-refractivity contribution in [3.8, 4) is 6.07 Å². The van der Waals surface area contributed by atoms with Crippen LogP contribution in [0.2, 0.25) is 0 Å². The summed E-state index contributed by atoms with van der Waals surface area (Å²) < 4.78 is 5.87. The molecule has 1 heterocycles. The highest BCUT2D eigenvalue weighted by molar-refractivity contribution is 9.08. The average Bonchev–Trinajstić information content (AvgIpc) is 2.52. The highest BCUT2D eigenvalue weighted by atomic mass is 79.9. The average molecular weight is 337 g/mol. The van der Waals surface area contributed by atoms with Crippen molar-refractivity contribution in [1.29, 1.82) is 5.26 Å². The number of ether oxygens (including phenoxy) is 1. The summed E-state index contributed by atoms with van der Waals surface area (Å²) in [6.07, 6.45) is 3.60. The van der Waals surface area contributed by atoms with Crippen LogP contribution >= 0.6 is 15.9 Å². The van der Waals surface area contributed by atoms with Crippen LogP contribution < -0.4 is 4.90 Å². The Morgan fingerprint density at radius 3 is 3.05 bits per heavy atom. The van der Waals surface area contributed by atoms with Gasteiger partial charge in [-0.05, 0) is 37.0 Å². The summed E-state index contributed by atoms with van der Waals surface area (Å²) in [6.45, 7) is 4.86. The SMILES string of the molecule is CCCOC1CCCN(c2ccc(CBr)cc2C#N)C1. The Morgan fingerprint density at radius 2 is 2.35 bits per heavy atom. The summed E-state index contributed by atoms with van der Waals surface area (Å²) in [5, 5.41) is 10.1. The van der Waals surface area contributed by atoms with Gasteiger partial charge < -0.3 is 9.64 Å². The van der Waals surface area contributed by atoms with E-state index >= 15 is 0 Å². The molecule has 20 heavy (non-hydrogen) atoms. The van der Waals surface area contributed by atoms with Gasteiger partial charge in [-0.1, -0.05) is 28.9 Å². The van der Waals surface area contributed by atoms with E-state index < -0.39 is 0 Å². The van der Waals surface area contributed by atoms with Gasteiger partial charge in [0, 0.05) is 25.0 Å². The number of piperidine rings is 1. The molecule has 0 saturated carbocycles. The van der Waals surface area contributed by atoms with Crippen LogP contribution in [0, 0.1) is 11.3 Å². The summed E-state index contributed by atoms with van der Waals surface area (Å²) in [7, 11) is 0. The number of halogens is 1. The Hall–Kier alpha value is -1.05. The molecule has 0 N–H and O–H groups in total. The van der Waals surface area contributed by atoms with Crippen molar-refractivity contribution in [1.82, 2.24) is 0 Å². The molecule has 0 aliphatic carbocycles. The van der Waals surface area contributed by atoms with Gasteiger partial charge in [0.05, 0.1) is 17.4 Å². The van der Waals surface area contributed by atoms with Crippen molar-refractivity contribution in [2.24, 2.45) is 0 Å². The van der Waals surface area contributed by atoms with Crippen molar-refractivity contribution < 1.29 is 4.74 Å². The van der Waals surface area contributed by atoms with Crippen molar-refractivity contribution in [2.45, 2.75) is 37.6 Å². The van der Waals surface area contributed by atoms with Crippen molar-refractivity contribution >= 4 is 21.6 Å². The van der Waals surface area contributed by atoms with Crippen LogP contribution in [0.15, 0.2) is 18.2 Å². The minimum Gasteiger partial charge on any atom is -0.376 e. The molecule has 4 heteroatoms. The topological polar surface area (TPSA) is 36.3 Å². The lowest BCUT2D eigenvalue weighted by Crippen LogP contribution is -2.40. The zero-order valence-electron chi connectivity index (χ0n) is 11.9. The van der Waals surface area contributed by atoms with Gasteiger partial charge in [0.2, 0.25) is 0 Å². The monoisotopic (exact) mass is 336 g/mol. The summed E-state index contributed by atoms with van der Waals surface area (Å²) in [4.78, 5) is 2.29. The zero-order chi connectivity index (χ0) is 14.4. The lowest BCUT2D eigenvalue weighted by Gasteiger charge is -2.34. The number of rotatable bonds is 5. The number of alkyl halides is 1. The molecular weight excluding hydrogens is 316 g/mol. The Balaban J connectivity index is 2.12. The Morgan fingerprint density at radius 1 is 1.50 bits per heavy atom. The van der Waals surface area contributed by atoms with Gasteiger partial charge in [0.15, 0.2) is 0 Å². The van der Waals surface area contributed by atoms with Gasteiger partial charge in [0.1, 0.15) is 6.07 Å². The van der Waals surface area contributed by atoms with E-state index in [1.54, 1.807) is 0 Å². The molecule has 0 amide bonds. The summed E-state index contributed by atoms with van der Waals surface area (Å²) in [6, 6.07) is 8.45. The molecule has 1 aliphatic rings. The minimum atomic E-state index is 0.297. The van der Waals surface area contributed by atoms with Crippen LogP contribution in [0.3, 0.4) is 0 Å². The van der Waals surface area contributed by atoms with Gasteiger partial charge in [-0.2, -0.15) is 5.26 Å². The first-order valence-corrected chi connectivity index (χ1v) is 8.36. The van der Waals surface area contributed by atoms with Gasteiger partial charge in [0.25, 0.3) is 0 Å². The number of nitrogens with zero attached hydrogens (tertiary/aromatic N) is 2. The largest absolute Gasteiger partial charge is 0.376 e. The number of anilines is 1. The van der Waals surface area contributed by atoms with Gasteiger partial charge in [-0.25, -0.2) is 0 Å². The third-order valence-electron chi connectivity index (χ3n) is 3.61. The molecule has 1 fully saturated rings. The second-order valence-electron chi connectivity index (χ2n) is 5.18. The lowest BCUT2D eigenvalue weighted by molar-refractivity contribution is 0.0440. The van der Waals surface area contributed by atoms with E-state index in [1.807, 2.05) is 6.07 Å². The van der Waals surface area contributed by atoms with Crippen LogP contribution in [0.5, 0.6) is 0 Å². The number of nitriles is 1. The molecule has 1 atom stereocenters. The minimum absolute atomic E-state index is 0.297. The predicted octanol–water partition coefficient (Wildman–Crippen LogP) is 3.85. The fourth-order valence-electron chi connectivity index (χ4n) is 2.61. The molecule has 0 radical (unpaired) electrons. The van der Waals surface area contributed by atoms with Crippen LogP contribution in [0.1, 0.15) is 37.3 Å². The van der Waals surface area contributed by atoms with E-state index in [0.29, 0.717) is 6.10 Å². The zero-order valence-corrected chi connectivity index (χ0v) is 13.5. The molecular formula is C16H21BrN2O. The maximum absolute atomic E-state index is 9.35. The molecule has 2 rings (SSSR count). The molecule has 0 aromatic heterocycles. The van der Waals surface area contributed by atoms with E-state index in [1.165, 1.54) is 0 Å². The van der Waals surface area contributed by atoms with Gasteiger partial charge in [-0.3, -0.25) is 0 Å². The van der Waals surface area contributed by atoms with Crippen LogP contribution in [-0.4, -0.2) is 25.8 Å². The predicted molar refractivity (Wildman–Crippen MR) is 85.3 cm³/mol. The van der Waals surface area contributed by atoms with Gasteiger partial charge in [-0.15, -0.1) is 0 Å². The molecule has 1 aromatic carbocycles. The van der Waals surface area contributed by atoms with Crippen LogP contribution in [0.4, 0.5) is 5.69 Å². The molecule has 108 valence electrons. The second-order valence-corrected chi connectivity index (χ2v) is 5.74. The fraction of sp³-hybridized carbons (Fsp3) is 0.562. The smallest absolute Gasteiger partial charge is 0.101 e. The standard InChI is InChI=1S/C16H21BrN2O/c1-2-8-20-15-4-3-7-19(12-15)16-6-5-13(10-17)9-14(16)11-18/h5-6,9,15H,2-4,7-8,10,12H2,1H3. The first kappa shape index (κ1) is 15.3. The van der Waals surface area contributed by atoms with E-state index in [9.17, 15) is 5.26 Å². The lowest BCUT2D eigenvalue weighted by atomic mass is 10.0. The first-order valence-electron chi connectivity index (χ1n) is 7.24. The Kier molecular flexibility index (Phi) is 5.87. The van der Waals surface area contributed by atoms with E-state index in [4.69, 9.17) is 4.74 Å². The van der Waals surface area contributed by atoms with Crippen LogP contribution in [-0.2, 0) is 10.1 Å². The molecule has 1 aliphatic heterocycles. The molecule has 3 nitrogen and oxygen atoms in total. The summed E-state index contributed by atoms with van der Waals surface area (Å²) in [5.74, 6) is 0. The van der Waals surface area contributed by atoms with Gasteiger partial charge >= 0.3 is 0 Å². The summed E-state index contributed by atoms with van der Waals surface area (Å²) in [5.41, 5.74) is 2.95. The van der Waals surface area contributed by atoms with E-state index in [-0.39, 0.29) is 0 Å². The normalized spacial score (nSPS) is 18.9. The number of hydrogen-bond donors (Lipinski definition) is 0. The molecule has 0 spiro atoms. The molecule has 1 unspecified atom stereocenters. The van der Waals surface area contributed by atoms with Crippen molar-refractivity contribution in [2.75, 3.05) is 24.6 Å². The fourth-order valence-corrected chi connectivity index (χ4v) is 2.96. The maximum Gasteiger partial charge on any atom is 0.101 e. The first-order chi connectivity index (χ1) is 9.78. The summed E-state index contributed by atoms with van der Waals surface area (Å²) >= 11 is 3.44. The Bertz CT molecular complexity index is 484. The van der Waals surface area contributed by atoms with Crippen molar-refractivity contribution in [3.05, 3.63) is 29.3 Å². The number of hydrogen-bond acceptors (Lipinski definition) is 3. The third-order valence-corrected chi connectivity index (χ3v) is 4.26. The highest BCUT2D eigenvalue weighted by Crippen LogP contribution is 2.26.